The maximum Gasteiger partial charge on any atom is -0.00945 e. The smallest absolute Gasteiger partial charge is 0.00945 e. The van der Waals surface area contributed by atoms with E-state index in [1.54, 1.807) is 36.3 Å². The van der Waals surface area contributed by atoms with Crippen LogP contribution in [0.2, 0.25) is 0 Å². The van der Waals surface area contributed by atoms with Crippen LogP contribution in [0.1, 0.15) is 90.4 Å². The Morgan fingerprint density at radius 1 is 0.576 bits per heavy atom. The lowest BCUT2D eigenvalue weighted by molar-refractivity contribution is 0.467. The molecular weight excluding hydrogens is 434 g/mol. The van der Waals surface area contributed by atoms with Crippen molar-refractivity contribution in [2.24, 2.45) is 5.92 Å². The summed E-state index contributed by atoms with van der Waals surface area (Å²) < 4.78 is 0. The molecule has 0 nitrogen and oxygen atoms in total. The highest BCUT2D eigenvalue weighted by molar-refractivity contribution is 7.73. The van der Waals surface area contributed by atoms with Crippen molar-refractivity contribution >= 4 is 26.5 Å². The normalized spacial score (nSPS) is 26.2. The fourth-order valence-electron chi connectivity index (χ4n) is 7.50. The lowest BCUT2D eigenvalue weighted by Crippen LogP contribution is -2.34. The zero-order valence-corrected chi connectivity index (χ0v) is 22.5. The second-order valence-electron chi connectivity index (χ2n) is 11.0. The Morgan fingerprint density at radius 2 is 1.06 bits per heavy atom. The van der Waals surface area contributed by atoms with Crippen molar-refractivity contribution in [1.82, 2.24) is 0 Å². The van der Waals surface area contributed by atoms with E-state index in [-0.39, 0.29) is 15.8 Å². The van der Waals surface area contributed by atoms with Crippen molar-refractivity contribution in [1.29, 1.82) is 0 Å². The summed E-state index contributed by atoms with van der Waals surface area (Å²) in [6, 6.07) is 23.2. The Morgan fingerprint density at radius 3 is 1.55 bits per heavy atom. The Hall–Kier alpha value is -0.700. The Kier molecular flexibility index (Phi) is 8.60. The minimum atomic E-state index is -0.273. The average Bonchev–Trinajstić information content (AvgIpc) is 3.36. The maximum atomic E-state index is 2.75. The van der Waals surface area contributed by atoms with Gasteiger partial charge in [-0.2, -0.15) is 0 Å². The minimum Gasteiger partial charge on any atom is -0.0971 e. The summed E-state index contributed by atoms with van der Waals surface area (Å²) in [5.41, 5.74) is 3.98. The molecule has 2 heteroatoms. The first kappa shape index (κ1) is 24.0. The van der Waals surface area contributed by atoms with Gasteiger partial charge in [0.15, 0.2) is 0 Å². The number of hydrogen-bond acceptors (Lipinski definition) is 0. The molecule has 3 atom stereocenters. The number of hydrogen-bond donors (Lipinski definition) is 0. The summed E-state index contributed by atoms with van der Waals surface area (Å²) in [6.45, 7) is 2.75. The van der Waals surface area contributed by atoms with Crippen LogP contribution in [0.3, 0.4) is 0 Å². The van der Waals surface area contributed by atoms with Gasteiger partial charge >= 0.3 is 0 Å². The number of benzene rings is 2. The highest BCUT2D eigenvalue weighted by Crippen LogP contribution is 2.64. The highest BCUT2D eigenvalue weighted by Gasteiger charge is 2.44. The molecule has 3 fully saturated rings. The van der Waals surface area contributed by atoms with Crippen LogP contribution in [-0.4, -0.2) is 22.6 Å². The molecule has 2 aromatic rings. The first-order valence-corrected chi connectivity index (χ1v) is 17.0. The molecule has 0 saturated heterocycles. The molecule has 3 unspecified atom stereocenters. The molecule has 33 heavy (non-hydrogen) atoms. The van der Waals surface area contributed by atoms with Gasteiger partial charge in [0.2, 0.25) is 0 Å². The van der Waals surface area contributed by atoms with E-state index in [9.17, 15) is 0 Å². The van der Waals surface area contributed by atoms with Crippen LogP contribution < -0.4 is 10.6 Å². The Labute approximate surface area is 205 Å². The molecule has 0 heterocycles. The van der Waals surface area contributed by atoms with Gasteiger partial charge in [0.05, 0.1) is 0 Å². The van der Waals surface area contributed by atoms with E-state index in [4.69, 9.17) is 0 Å². The molecule has 3 aliphatic rings. The molecule has 3 aliphatic carbocycles. The predicted octanol–water partition coefficient (Wildman–Crippen LogP) is 8.82. The minimum absolute atomic E-state index is 0.152. The van der Waals surface area contributed by atoms with Crippen molar-refractivity contribution in [3.63, 3.8) is 0 Å². The van der Waals surface area contributed by atoms with E-state index in [0.29, 0.717) is 0 Å². The third-order valence-electron chi connectivity index (χ3n) is 9.01. The van der Waals surface area contributed by atoms with Crippen molar-refractivity contribution in [3.05, 3.63) is 60.7 Å². The van der Waals surface area contributed by atoms with Crippen LogP contribution in [0.4, 0.5) is 0 Å². The molecule has 0 bridgehead atoms. The van der Waals surface area contributed by atoms with E-state index in [2.05, 4.69) is 67.6 Å². The van der Waals surface area contributed by atoms with Gasteiger partial charge in [-0.3, -0.25) is 0 Å². The second-order valence-corrected chi connectivity index (χ2v) is 16.6. The van der Waals surface area contributed by atoms with Crippen molar-refractivity contribution in [3.8, 4) is 0 Å². The largest absolute Gasteiger partial charge is 0.0971 e. The Balaban J connectivity index is 1.45. The molecule has 0 amide bonds. The summed E-state index contributed by atoms with van der Waals surface area (Å²) in [4.78, 5) is 0. The highest BCUT2D eigenvalue weighted by atomic mass is 31.1. The third-order valence-corrected chi connectivity index (χ3v) is 16.1. The van der Waals surface area contributed by atoms with E-state index in [1.807, 2.05) is 0 Å². The summed E-state index contributed by atoms with van der Waals surface area (Å²) in [6.07, 6.45) is 19.6. The van der Waals surface area contributed by atoms with Gasteiger partial charge in [0.1, 0.15) is 0 Å². The predicted molar refractivity (Wildman–Crippen MR) is 150 cm³/mol. The molecular formula is C31H44P2. The van der Waals surface area contributed by atoms with Gasteiger partial charge in [-0.05, 0) is 85.6 Å². The van der Waals surface area contributed by atoms with Crippen LogP contribution in [0.25, 0.3) is 0 Å². The van der Waals surface area contributed by atoms with Crippen LogP contribution in [0.5, 0.6) is 0 Å². The molecule has 0 N–H and O–H groups in total. The van der Waals surface area contributed by atoms with Gasteiger partial charge in [0, 0.05) is 0 Å². The summed E-state index contributed by atoms with van der Waals surface area (Å²) in [7, 11) is -0.121. The van der Waals surface area contributed by atoms with E-state index in [0.717, 1.165) is 28.6 Å². The van der Waals surface area contributed by atoms with Crippen molar-refractivity contribution in [2.75, 3.05) is 0 Å². The quantitative estimate of drug-likeness (QED) is 0.349. The lowest BCUT2D eigenvalue weighted by atomic mass is 9.99. The molecule has 0 radical (unpaired) electrons. The van der Waals surface area contributed by atoms with E-state index in [1.165, 1.54) is 57.8 Å². The second kappa shape index (κ2) is 11.8. The standard InChI is InChI=1S/C31H44P2/c1-25(32(26-15-6-2-7-16-26)27-17-8-3-9-18-27)30-23-14-24-31(30)33(28-19-10-4-11-20-28)29-21-12-5-13-22-29/h4-5,10-13,19-22,25-27,30-31H,2-3,6-9,14-18,23-24H2,1H3. The zero-order chi connectivity index (χ0) is 22.5. The molecule has 2 aromatic carbocycles. The monoisotopic (exact) mass is 478 g/mol. The summed E-state index contributed by atoms with van der Waals surface area (Å²) in [5.74, 6) is 0.937. The van der Waals surface area contributed by atoms with Crippen LogP contribution >= 0.6 is 15.8 Å². The SMILES string of the molecule is CC(C1CCCC1P(c1ccccc1)c1ccccc1)P(C1CCCCC1)C1CCCCC1. The van der Waals surface area contributed by atoms with Gasteiger partial charge in [-0.25, -0.2) is 0 Å². The first-order chi connectivity index (χ1) is 16.3. The molecule has 3 saturated carbocycles. The van der Waals surface area contributed by atoms with E-state index < -0.39 is 0 Å². The summed E-state index contributed by atoms with van der Waals surface area (Å²) >= 11 is 0. The van der Waals surface area contributed by atoms with Crippen LogP contribution in [0.15, 0.2) is 60.7 Å². The number of rotatable bonds is 7. The molecule has 0 spiro atoms. The summed E-state index contributed by atoms with van der Waals surface area (Å²) in [5, 5.41) is 3.23. The Bertz CT molecular complexity index is 765. The lowest BCUT2D eigenvalue weighted by Gasteiger charge is -2.46. The van der Waals surface area contributed by atoms with Crippen molar-refractivity contribution in [2.45, 2.75) is 113 Å². The third kappa shape index (κ3) is 5.60. The molecule has 0 aliphatic heterocycles. The maximum absolute atomic E-state index is 2.75. The van der Waals surface area contributed by atoms with Gasteiger partial charge in [-0.1, -0.05) is 120 Å². The molecule has 178 valence electrons. The van der Waals surface area contributed by atoms with Crippen molar-refractivity contribution < 1.29 is 0 Å². The average molecular weight is 479 g/mol. The fourth-order valence-corrected chi connectivity index (χ4v) is 15.6. The first-order valence-electron chi connectivity index (χ1n) is 14.0. The van der Waals surface area contributed by atoms with Gasteiger partial charge in [-0.15, -0.1) is 0 Å². The topological polar surface area (TPSA) is 0 Å². The van der Waals surface area contributed by atoms with Crippen LogP contribution in [-0.2, 0) is 0 Å². The van der Waals surface area contributed by atoms with Crippen LogP contribution in [0, 0.1) is 5.92 Å². The van der Waals surface area contributed by atoms with Gasteiger partial charge in [0.25, 0.3) is 0 Å². The van der Waals surface area contributed by atoms with Gasteiger partial charge < -0.3 is 0 Å². The molecule has 5 rings (SSSR count). The zero-order valence-electron chi connectivity index (χ0n) is 20.7. The van der Waals surface area contributed by atoms with E-state index >= 15 is 0 Å². The fraction of sp³-hybridized carbons (Fsp3) is 0.613. The molecule has 0 aromatic heterocycles.